The molecule has 3 heteroatoms. The van der Waals surface area contributed by atoms with Gasteiger partial charge in [-0.1, -0.05) is 54.1 Å². The van der Waals surface area contributed by atoms with Crippen LogP contribution in [0.15, 0.2) is 54.6 Å². The van der Waals surface area contributed by atoms with Crippen molar-refractivity contribution in [2.24, 2.45) is 0 Å². The van der Waals surface area contributed by atoms with E-state index in [0.717, 1.165) is 0 Å². The SMILES string of the molecule is [2H]C([2H])(C[C@@H]1CCCN1C([2H])([2H])[2H])O[C@](c1ccccc1)(c1ccc(Cl)cc1)C([2H])([2H])[2H]. The van der Waals surface area contributed by atoms with E-state index in [1.54, 1.807) is 30.3 Å². The molecule has 0 bridgehead atoms. The third-order valence-electron chi connectivity index (χ3n) is 4.35. The van der Waals surface area contributed by atoms with Crippen LogP contribution in [0.5, 0.6) is 0 Å². The van der Waals surface area contributed by atoms with Gasteiger partial charge in [-0.3, -0.25) is 0 Å². The first-order valence-corrected chi connectivity index (χ1v) is 8.43. The average molecular weight is 352 g/mol. The van der Waals surface area contributed by atoms with E-state index in [2.05, 4.69) is 0 Å². The first-order valence-electron chi connectivity index (χ1n) is 12.0. The Morgan fingerprint density at radius 1 is 1.21 bits per heavy atom. The summed E-state index contributed by atoms with van der Waals surface area (Å²) in [5, 5.41) is 0.406. The number of hydrogen-bond acceptors (Lipinski definition) is 2. The van der Waals surface area contributed by atoms with Crippen molar-refractivity contribution in [2.45, 2.75) is 37.8 Å². The molecule has 0 N–H and O–H groups in total. The van der Waals surface area contributed by atoms with Crippen molar-refractivity contribution >= 4 is 11.6 Å². The summed E-state index contributed by atoms with van der Waals surface area (Å²) in [6.45, 7) is -7.23. The lowest BCUT2D eigenvalue weighted by atomic mass is 9.88. The molecule has 0 spiro atoms. The highest BCUT2D eigenvalue weighted by Gasteiger charge is 2.30. The number of hydrogen-bond donors (Lipinski definition) is 0. The maximum atomic E-state index is 8.62. The number of ether oxygens (including phenoxy) is 1. The van der Waals surface area contributed by atoms with Gasteiger partial charge in [0, 0.05) is 25.8 Å². The molecular weight excluding hydrogens is 318 g/mol. The number of nitrogens with zero attached hydrogens (tertiary/aromatic N) is 1. The van der Waals surface area contributed by atoms with Crippen molar-refractivity contribution in [3.63, 3.8) is 0 Å². The van der Waals surface area contributed by atoms with E-state index in [9.17, 15) is 0 Å². The van der Waals surface area contributed by atoms with Crippen molar-refractivity contribution in [3.05, 3.63) is 70.7 Å². The van der Waals surface area contributed by atoms with Crippen molar-refractivity contribution in [3.8, 4) is 0 Å². The van der Waals surface area contributed by atoms with E-state index in [-0.39, 0.29) is 17.5 Å². The predicted molar refractivity (Wildman–Crippen MR) is 101 cm³/mol. The molecule has 0 unspecified atom stereocenters. The molecule has 0 aromatic heterocycles. The highest BCUT2D eigenvalue weighted by molar-refractivity contribution is 6.30. The second-order valence-electron chi connectivity index (χ2n) is 5.99. The number of halogens is 1. The molecule has 1 heterocycles. The first-order chi connectivity index (χ1) is 14.8. The van der Waals surface area contributed by atoms with Crippen molar-refractivity contribution in [2.75, 3.05) is 20.1 Å². The van der Waals surface area contributed by atoms with Gasteiger partial charge in [0.15, 0.2) is 0 Å². The number of rotatable bonds is 6. The third-order valence-corrected chi connectivity index (χ3v) is 4.60. The minimum Gasteiger partial charge on any atom is -0.366 e. The topological polar surface area (TPSA) is 12.5 Å². The molecule has 2 aromatic carbocycles. The number of likely N-dealkylation sites (tertiary alicyclic amines) is 1. The molecule has 3 rings (SSSR count). The molecule has 0 saturated carbocycles. The molecule has 1 fully saturated rings. The predicted octanol–water partition coefficient (Wildman–Crippen LogP) is 5.10. The quantitative estimate of drug-likeness (QED) is 0.717. The highest BCUT2D eigenvalue weighted by atomic mass is 35.5. The molecule has 0 amide bonds. The monoisotopic (exact) mass is 351 g/mol. The fourth-order valence-corrected chi connectivity index (χ4v) is 3.06. The lowest BCUT2D eigenvalue weighted by molar-refractivity contribution is -0.0117. The molecule has 1 aliphatic rings. The minimum atomic E-state index is -2.78. The summed E-state index contributed by atoms with van der Waals surface area (Å²) in [6, 6.07) is 13.7. The molecule has 2 atom stereocenters. The zero-order chi connectivity index (χ0) is 23.8. The second-order valence-corrected chi connectivity index (χ2v) is 6.43. The van der Waals surface area contributed by atoms with Gasteiger partial charge in [-0.15, -0.1) is 0 Å². The van der Waals surface area contributed by atoms with Gasteiger partial charge in [-0.25, -0.2) is 0 Å². The van der Waals surface area contributed by atoms with Crippen molar-refractivity contribution in [1.29, 1.82) is 0 Å². The zero-order valence-corrected chi connectivity index (χ0v) is 14.1. The van der Waals surface area contributed by atoms with Crippen LogP contribution in [0.25, 0.3) is 0 Å². The Morgan fingerprint density at radius 2 is 1.96 bits per heavy atom. The summed E-state index contributed by atoms with van der Waals surface area (Å²) in [5.74, 6) is 0. The van der Waals surface area contributed by atoms with Crippen LogP contribution >= 0.6 is 11.6 Å². The van der Waals surface area contributed by atoms with Gasteiger partial charge in [-0.2, -0.15) is 0 Å². The summed E-state index contributed by atoms with van der Waals surface area (Å²) in [4.78, 5) is 1.29. The van der Waals surface area contributed by atoms with Gasteiger partial charge >= 0.3 is 0 Å². The van der Waals surface area contributed by atoms with E-state index >= 15 is 0 Å². The Kier molecular flexibility index (Phi) is 3.19. The van der Waals surface area contributed by atoms with Crippen LogP contribution < -0.4 is 0 Å². The van der Waals surface area contributed by atoms with Crippen LogP contribution in [0.2, 0.25) is 5.02 Å². The molecule has 2 nitrogen and oxygen atoms in total. The van der Waals surface area contributed by atoms with Gasteiger partial charge in [-0.05, 0) is 62.9 Å². The summed E-state index contributed by atoms with van der Waals surface area (Å²) < 4.78 is 71.5. The summed E-state index contributed by atoms with van der Waals surface area (Å²) in [5.41, 5.74) is -1.62. The molecule has 1 aliphatic heterocycles. The maximum absolute atomic E-state index is 8.62. The molecule has 1 saturated heterocycles. The van der Waals surface area contributed by atoms with Crippen LogP contribution in [0.1, 0.15) is 48.2 Å². The van der Waals surface area contributed by atoms with E-state index in [1.807, 2.05) is 0 Å². The molecule has 2 aromatic rings. The van der Waals surface area contributed by atoms with Crippen LogP contribution in [0.3, 0.4) is 0 Å². The fraction of sp³-hybridized carbons (Fsp3) is 0.429. The van der Waals surface area contributed by atoms with E-state index in [1.165, 1.54) is 29.2 Å². The van der Waals surface area contributed by atoms with Gasteiger partial charge in [0.05, 0.1) is 2.74 Å². The van der Waals surface area contributed by atoms with Crippen LogP contribution in [0.4, 0.5) is 0 Å². The lowest BCUT2D eigenvalue weighted by Gasteiger charge is -2.32. The molecule has 0 radical (unpaired) electrons. The largest absolute Gasteiger partial charge is 0.366 e. The summed E-state index contributed by atoms with van der Waals surface area (Å²) in [6.07, 6.45) is 0.845. The van der Waals surface area contributed by atoms with Crippen molar-refractivity contribution in [1.82, 2.24) is 4.90 Å². The molecule has 0 aliphatic carbocycles. The Morgan fingerprint density at radius 3 is 2.67 bits per heavy atom. The standard InChI is InChI=1S/C21H26ClNO/c1-21(17-7-4-3-5-8-17,18-10-12-19(22)13-11-18)24-16-14-20-9-6-15-23(20)2/h3-5,7-8,10-13,20H,6,9,14-16H2,1-2H3/t20-,21+/m0/s1/i1D3,2D3,16D2. The Balaban J connectivity index is 2.06. The summed E-state index contributed by atoms with van der Waals surface area (Å²) in [7, 11) is 0. The van der Waals surface area contributed by atoms with E-state index in [0.29, 0.717) is 24.4 Å². The fourth-order valence-electron chi connectivity index (χ4n) is 2.94. The smallest absolute Gasteiger partial charge is 0.115 e. The maximum Gasteiger partial charge on any atom is 0.115 e. The van der Waals surface area contributed by atoms with Gasteiger partial charge < -0.3 is 9.64 Å². The van der Waals surface area contributed by atoms with E-state index < -0.39 is 32.0 Å². The lowest BCUT2D eigenvalue weighted by Crippen LogP contribution is -2.31. The zero-order valence-electron chi connectivity index (χ0n) is 21.3. The van der Waals surface area contributed by atoms with Crippen molar-refractivity contribution < 1.29 is 15.7 Å². The highest BCUT2D eigenvalue weighted by Crippen LogP contribution is 2.34. The van der Waals surface area contributed by atoms with Crippen LogP contribution in [-0.4, -0.2) is 31.0 Å². The summed E-state index contributed by atoms with van der Waals surface area (Å²) >= 11 is 6.01. The Hall–Kier alpha value is -1.35. The Bertz CT molecular complexity index is 901. The number of benzene rings is 2. The second kappa shape index (κ2) is 7.69. The molecule has 24 heavy (non-hydrogen) atoms. The molecular formula is C21H26ClNO. The van der Waals surface area contributed by atoms with E-state index in [4.69, 9.17) is 27.3 Å². The first kappa shape index (κ1) is 9.96. The van der Waals surface area contributed by atoms with Gasteiger partial charge in [0.2, 0.25) is 0 Å². The average Bonchev–Trinajstić information content (AvgIpc) is 3.14. The normalized spacial score (nSPS) is 27.5. The van der Waals surface area contributed by atoms with Crippen LogP contribution in [-0.2, 0) is 10.3 Å². The van der Waals surface area contributed by atoms with Gasteiger partial charge in [0.25, 0.3) is 0 Å². The minimum absolute atomic E-state index is 0.232. The van der Waals surface area contributed by atoms with Crippen LogP contribution in [0, 0.1) is 0 Å². The Labute approximate surface area is 161 Å². The molecule has 128 valence electrons. The third kappa shape index (κ3) is 3.83. The van der Waals surface area contributed by atoms with Gasteiger partial charge in [0.1, 0.15) is 5.60 Å².